The van der Waals surface area contributed by atoms with Crippen LogP contribution in [0.5, 0.6) is 11.6 Å². The van der Waals surface area contributed by atoms with Crippen molar-refractivity contribution >= 4 is 15.7 Å². The third-order valence-corrected chi connectivity index (χ3v) is 5.99. The Kier molecular flexibility index (Phi) is 5.38. The van der Waals surface area contributed by atoms with E-state index in [-0.39, 0.29) is 11.6 Å². The zero-order chi connectivity index (χ0) is 22.0. The molecule has 0 radical (unpaired) electrons. The van der Waals surface area contributed by atoms with E-state index in [1.54, 1.807) is 30.6 Å². The molecule has 8 nitrogen and oxygen atoms in total. The van der Waals surface area contributed by atoms with E-state index in [2.05, 4.69) is 19.9 Å². The summed E-state index contributed by atoms with van der Waals surface area (Å²) in [5, 5.41) is 8.21. The Morgan fingerprint density at radius 1 is 0.968 bits per heavy atom. The molecule has 0 unspecified atom stereocenters. The Morgan fingerprint density at radius 3 is 2.32 bits per heavy atom. The molecule has 0 aliphatic rings. The Bertz CT molecular complexity index is 1320. The van der Waals surface area contributed by atoms with Gasteiger partial charge in [0.05, 0.1) is 5.69 Å². The molecule has 0 aliphatic heterocycles. The summed E-state index contributed by atoms with van der Waals surface area (Å²) in [5.74, 6) is 0.504. The van der Waals surface area contributed by atoms with Gasteiger partial charge in [0.15, 0.2) is 5.82 Å². The highest BCUT2D eigenvalue weighted by molar-refractivity contribution is 7.92. The van der Waals surface area contributed by atoms with Gasteiger partial charge in [-0.2, -0.15) is 0 Å². The van der Waals surface area contributed by atoms with Crippen molar-refractivity contribution in [3.63, 3.8) is 0 Å². The van der Waals surface area contributed by atoms with Crippen LogP contribution in [0.3, 0.4) is 0 Å². The third-order valence-electron chi connectivity index (χ3n) is 4.58. The highest BCUT2D eigenvalue weighted by Crippen LogP contribution is 2.24. The van der Waals surface area contributed by atoms with E-state index in [4.69, 9.17) is 4.74 Å². The maximum Gasteiger partial charge on any atom is 0.264 e. The van der Waals surface area contributed by atoms with E-state index < -0.39 is 20.7 Å². The Labute approximate surface area is 178 Å². The highest BCUT2D eigenvalue weighted by Gasteiger charge is 2.18. The first kappa shape index (κ1) is 20.5. The molecule has 0 fully saturated rings. The van der Waals surface area contributed by atoms with Crippen LogP contribution in [0.1, 0.15) is 11.4 Å². The second kappa shape index (κ2) is 8.15. The number of imidazole rings is 1. The van der Waals surface area contributed by atoms with Gasteiger partial charge in [-0.1, -0.05) is 12.1 Å². The van der Waals surface area contributed by atoms with Gasteiger partial charge in [0.25, 0.3) is 10.0 Å². The van der Waals surface area contributed by atoms with Gasteiger partial charge in [-0.05, 0) is 56.3 Å². The largest absolute Gasteiger partial charge is 0.438 e. The molecule has 4 rings (SSSR count). The van der Waals surface area contributed by atoms with Crippen LogP contribution in [-0.2, 0) is 10.0 Å². The van der Waals surface area contributed by atoms with E-state index in [1.807, 2.05) is 18.4 Å². The van der Waals surface area contributed by atoms with Crippen molar-refractivity contribution in [3.05, 3.63) is 84.2 Å². The number of aryl methyl sites for hydroxylation is 1. The topological polar surface area (TPSA) is 99.0 Å². The summed E-state index contributed by atoms with van der Waals surface area (Å²) in [6.45, 7) is 3.85. The van der Waals surface area contributed by atoms with Gasteiger partial charge in [-0.15, -0.1) is 10.2 Å². The van der Waals surface area contributed by atoms with Gasteiger partial charge in [0.1, 0.15) is 22.8 Å². The van der Waals surface area contributed by atoms with Gasteiger partial charge in [-0.25, -0.2) is 17.8 Å². The van der Waals surface area contributed by atoms with Gasteiger partial charge in [0, 0.05) is 17.4 Å². The maximum atomic E-state index is 13.8. The lowest BCUT2D eigenvalue weighted by molar-refractivity contribution is 0.454. The molecule has 0 saturated carbocycles. The van der Waals surface area contributed by atoms with Crippen molar-refractivity contribution in [2.24, 2.45) is 0 Å². The Morgan fingerprint density at radius 2 is 1.71 bits per heavy atom. The van der Waals surface area contributed by atoms with Crippen LogP contribution in [0.2, 0.25) is 0 Å². The summed E-state index contributed by atoms with van der Waals surface area (Å²) in [6.07, 6.45) is 1.68. The quantitative estimate of drug-likeness (QED) is 0.487. The van der Waals surface area contributed by atoms with Crippen LogP contribution in [0.15, 0.2) is 71.9 Å². The van der Waals surface area contributed by atoms with Crippen molar-refractivity contribution in [2.45, 2.75) is 18.7 Å². The highest BCUT2D eigenvalue weighted by atomic mass is 32.2. The molecule has 158 valence electrons. The predicted octanol–water partition coefficient (Wildman–Crippen LogP) is 4.01. The van der Waals surface area contributed by atoms with E-state index in [9.17, 15) is 12.8 Å². The number of halogens is 1. The minimum absolute atomic E-state index is 0.267. The molecule has 2 heterocycles. The molecule has 0 aliphatic carbocycles. The maximum absolute atomic E-state index is 13.8. The lowest BCUT2D eigenvalue weighted by Gasteiger charge is -2.10. The van der Waals surface area contributed by atoms with Crippen LogP contribution < -0.4 is 9.46 Å². The number of hydrogen-bond donors (Lipinski definition) is 1. The van der Waals surface area contributed by atoms with Crippen LogP contribution in [0, 0.1) is 19.7 Å². The normalized spacial score (nSPS) is 11.3. The molecular weight excluding hydrogens is 421 g/mol. The van der Waals surface area contributed by atoms with Crippen molar-refractivity contribution < 1.29 is 17.5 Å². The van der Waals surface area contributed by atoms with E-state index in [0.717, 1.165) is 17.5 Å². The smallest absolute Gasteiger partial charge is 0.264 e. The molecule has 31 heavy (non-hydrogen) atoms. The minimum atomic E-state index is -4.04. The second-order valence-electron chi connectivity index (χ2n) is 6.68. The number of ether oxygens (including phenoxy) is 1. The van der Waals surface area contributed by atoms with Gasteiger partial charge in [0.2, 0.25) is 5.88 Å². The van der Waals surface area contributed by atoms with Gasteiger partial charge >= 0.3 is 0 Å². The molecule has 1 N–H and O–H groups in total. The number of anilines is 1. The minimum Gasteiger partial charge on any atom is -0.438 e. The molecule has 0 spiro atoms. The summed E-state index contributed by atoms with van der Waals surface area (Å²) < 4.78 is 48.3. The first-order valence-corrected chi connectivity index (χ1v) is 10.7. The summed E-state index contributed by atoms with van der Waals surface area (Å²) in [6, 6.07) is 14.7. The summed E-state index contributed by atoms with van der Waals surface area (Å²) >= 11 is 0. The average Bonchev–Trinajstić information content (AvgIpc) is 3.08. The van der Waals surface area contributed by atoms with E-state index in [0.29, 0.717) is 11.6 Å². The van der Waals surface area contributed by atoms with Crippen molar-refractivity contribution in [1.82, 2.24) is 19.7 Å². The second-order valence-corrected chi connectivity index (χ2v) is 8.33. The fraction of sp³-hybridized carbons (Fsp3) is 0.0952. The van der Waals surface area contributed by atoms with Crippen LogP contribution in [0.25, 0.3) is 5.82 Å². The third kappa shape index (κ3) is 4.38. The zero-order valence-electron chi connectivity index (χ0n) is 16.7. The molecule has 2 aromatic carbocycles. The van der Waals surface area contributed by atoms with Crippen LogP contribution >= 0.6 is 0 Å². The SMILES string of the molecule is Cc1ncn(-c2ccc(Oc3ccc(NS(=O)(=O)c4ccccc4F)cc3)nn2)c1C. The number of sulfonamides is 1. The Balaban J connectivity index is 1.45. The van der Waals surface area contributed by atoms with Crippen molar-refractivity contribution in [1.29, 1.82) is 0 Å². The van der Waals surface area contributed by atoms with E-state index >= 15 is 0 Å². The van der Waals surface area contributed by atoms with E-state index in [1.165, 1.54) is 30.3 Å². The number of rotatable bonds is 6. The van der Waals surface area contributed by atoms with Crippen molar-refractivity contribution in [3.8, 4) is 17.4 Å². The first-order valence-electron chi connectivity index (χ1n) is 9.23. The zero-order valence-corrected chi connectivity index (χ0v) is 17.5. The first-order chi connectivity index (χ1) is 14.8. The molecular formula is C21H18FN5O3S. The number of hydrogen-bond acceptors (Lipinski definition) is 6. The monoisotopic (exact) mass is 439 g/mol. The molecule has 0 saturated heterocycles. The van der Waals surface area contributed by atoms with Crippen LogP contribution in [-0.4, -0.2) is 28.2 Å². The lowest BCUT2D eigenvalue weighted by Crippen LogP contribution is -2.14. The number of benzene rings is 2. The molecule has 4 aromatic rings. The average molecular weight is 439 g/mol. The fourth-order valence-electron chi connectivity index (χ4n) is 2.81. The molecule has 10 heteroatoms. The predicted molar refractivity (Wildman–Crippen MR) is 112 cm³/mol. The number of nitrogens with zero attached hydrogens (tertiary/aromatic N) is 4. The van der Waals surface area contributed by atoms with Gasteiger partial charge in [-0.3, -0.25) is 9.29 Å². The molecule has 0 amide bonds. The molecule has 2 aromatic heterocycles. The van der Waals surface area contributed by atoms with Crippen LogP contribution in [0.4, 0.5) is 10.1 Å². The summed E-state index contributed by atoms with van der Waals surface area (Å²) in [7, 11) is -4.04. The summed E-state index contributed by atoms with van der Waals surface area (Å²) in [5.41, 5.74) is 2.15. The fourth-order valence-corrected chi connectivity index (χ4v) is 3.95. The van der Waals surface area contributed by atoms with Gasteiger partial charge < -0.3 is 4.74 Å². The van der Waals surface area contributed by atoms with Crippen molar-refractivity contribution in [2.75, 3.05) is 4.72 Å². The summed E-state index contributed by atoms with van der Waals surface area (Å²) in [4.78, 5) is 3.81. The number of nitrogens with one attached hydrogen (secondary N) is 1. The Hall–Kier alpha value is -3.79. The standard InChI is InChI=1S/C21H18FN5O3S/c1-14-15(2)27(13-23-14)20-11-12-21(25-24-20)30-17-9-7-16(8-10-17)26-31(28,29)19-6-4-3-5-18(19)22/h3-13,26H,1-2H3. The molecule has 0 atom stereocenters. The lowest BCUT2D eigenvalue weighted by atomic mass is 10.3. The molecule has 0 bridgehead atoms. The number of aromatic nitrogens is 4.